The third kappa shape index (κ3) is 15.0. The summed E-state index contributed by atoms with van der Waals surface area (Å²) in [6, 6.07) is 0. The van der Waals surface area contributed by atoms with Crippen LogP contribution >= 0.6 is 0 Å². The predicted molar refractivity (Wildman–Crippen MR) is 74.6 cm³/mol. The van der Waals surface area contributed by atoms with Crippen LogP contribution in [0.5, 0.6) is 0 Å². The number of carbonyl (C=O) groups is 2. The van der Waals surface area contributed by atoms with Crippen LogP contribution in [-0.2, 0) is 19.4 Å². The van der Waals surface area contributed by atoms with Crippen LogP contribution in [0.4, 0.5) is 0 Å². The average molecular weight is 272 g/mol. The van der Waals surface area contributed by atoms with Crippen molar-refractivity contribution in [1.29, 1.82) is 0 Å². The second-order valence-electron chi connectivity index (χ2n) is 4.95. The Balaban J connectivity index is 3.18. The minimum atomic E-state index is -0.338. The lowest BCUT2D eigenvalue weighted by Gasteiger charge is -2.03. The molecule has 0 aliphatic rings. The van der Waals surface area contributed by atoms with Crippen molar-refractivity contribution < 1.29 is 19.4 Å². The van der Waals surface area contributed by atoms with Gasteiger partial charge in [0.1, 0.15) is 5.78 Å². The predicted octanol–water partition coefficient (Wildman–Crippen LogP) is 3.97. The van der Waals surface area contributed by atoms with E-state index in [2.05, 4.69) is 11.8 Å². The monoisotopic (exact) mass is 272 g/mol. The van der Waals surface area contributed by atoms with Gasteiger partial charge in [-0.2, -0.15) is 4.89 Å². The molecule has 0 radical (unpaired) electrons. The summed E-state index contributed by atoms with van der Waals surface area (Å²) in [7, 11) is 0. The topological polar surface area (TPSA) is 52.6 Å². The Bertz CT molecular complexity index is 238. The molecule has 0 aliphatic carbocycles. The van der Waals surface area contributed by atoms with Gasteiger partial charge in [-0.05, 0) is 26.2 Å². The molecule has 0 spiro atoms. The van der Waals surface area contributed by atoms with E-state index < -0.39 is 0 Å². The van der Waals surface area contributed by atoms with Gasteiger partial charge >= 0.3 is 5.97 Å². The van der Waals surface area contributed by atoms with Crippen LogP contribution in [0.3, 0.4) is 0 Å². The normalized spacial score (nSPS) is 10.4. The number of rotatable bonds is 13. The molecule has 0 aromatic heterocycles. The van der Waals surface area contributed by atoms with Crippen molar-refractivity contribution in [2.24, 2.45) is 0 Å². The van der Waals surface area contributed by atoms with Crippen LogP contribution in [-0.4, -0.2) is 18.4 Å². The summed E-state index contributed by atoms with van der Waals surface area (Å²) in [5.74, 6) is -0.178. The molecule has 0 atom stereocenters. The van der Waals surface area contributed by atoms with Crippen LogP contribution < -0.4 is 0 Å². The maximum Gasteiger partial charge on any atom is 0.342 e. The molecule has 4 heteroatoms. The van der Waals surface area contributed by atoms with Gasteiger partial charge < -0.3 is 4.79 Å². The van der Waals surface area contributed by atoms with Crippen LogP contribution in [0.2, 0.25) is 0 Å². The summed E-state index contributed by atoms with van der Waals surface area (Å²) in [4.78, 5) is 31.4. The molecule has 0 aliphatic heterocycles. The zero-order valence-electron chi connectivity index (χ0n) is 12.4. The van der Waals surface area contributed by atoms with Gasteiger partial charge in [0.2, 0.25) is 0 Å². The first kappa shape index (κ1) is 18.1. The fraction of sp³-hybridized carbons (Fsp3) is 0.867. The lowest BCUT2D eigenvalue weighted by molar-refractivity contribution is -0.272. The molecule has 0 aromatic rings. The Morgan fingerprint density at radius 1 is 0.842 bits per heavy atom. The molecule has 0 saturated heterocycles. The van der Waals surface area contributed by atoms with E-state index in [-0.39, 0.29) is 11.8 Å². The maximum atomic E-state index is 11.2. The molecule has 0 rings (SSSR count). The summed E-state index contributed by atoms with van der Waals surface area (Å²) in [5, 5.41) is 0. The average Bonchev–Trinajstić information content (AvgIpc) is 2.37. The first-order valence-electron chi connectivity index (χ1n) is 7.48. The first-order chi connectivity index (χ1) is 9.16. The third-order valence-electron chi connectivity index (χ3n) is 2.89. The Morgan fingerprint density at radius 3 is 2.16 bits per heavy atom. The molecule has 0 amide bonds. The van der Waals surface area contributed by atoms with E-state index in [1.165, 1.54) is 25.7 Å². The van der Waals surface area contributed by atoms with Gasteiger partial charge in [-0.3, -0.25) is 4.89 Å². The number of Topliss-reactive ketones (excluding diaryl/α,β-unsaturated/α-hetero) is 1. The molecule has 0 saturated carbocycles. The van der Waals surface area contributed by atoms with Gasteiger partial charge in [-0.1, -0.05) is 39.0 Å². The summed E-state index contributed by atoms with van der Waals surface area (Å²) >= 11 is 0. The summed E-state index contributed by atoms with van der Waals surface area (Å²) in [6.45, 7) is 4.23. The largest absolute Gasteiger partial charge is 0.342 e. The van der Waals surface area contributed by atoms with Gasteiger partial charge in [-0.25, -0.2) is 4.79 Å². The van der Waals surface area contributed by atoms with Crippen molar-refractivity contribution in [3.8, 4) is 0 Å². The number of ketones is 1. The quantitative estimate of drug-likeness (QED) is 0.289. The van der Waals surface area contributed by atoms with E-state index in [0.29, 0.717) is 25.9 Å². The van der Waals surface area contributed by atoms with Crippen LogP contribution in [0, 0.1) is 0 Å². The molecule has 0 heterocycles. The molecule has 4 nitrogen and oxygen atoms in total. The molecule has 112 valence electrons. The van der Waals surface area contributed by atoms with Gasteiger partial charge in [0.15, 0.2) is 0 Å². The van der Waals surface area contributed by atoms with Crippen molar-refractivity contribution in [2.45, 2.75) is 78.1 Å². The lowest BCUT2D eigenvalue weighted by Crippen LogP contribution is -2.06. The van der Waals surface area contributed by atoms with E-state index >= 15 is 0 Å². The summed E-state index contributed by atoms with van der Waals surface area (Å²) in [6.07, 6.45) is 9.35. The molecule has 0 unspecified atom stereocenters. The van der Waals surface area contributed by atoms with Crippen LogP contribution in [0.15, 0.2) is 0 Å². The third-order valence-corrected chi connectivity index (χ3v) is 2.89. The Kier molecular flexibility index (Phi) is 12.9. The standard InChI is InChI=1S/C15H28O4/c1-3-4-5-6-7-10-13-18-19-15(17)12-9-8-11-14(2)16/h3-13H2,1-2H3. The van der Waals surface area contributed by atoms with Crippen LogP contribution in [0.25, 0.3) is 0 Å². The lowest BCUT2D eigenvalue weighted by atomic mass is 10.1. The van der Waals surface area contributed by atoms with E-state index in [1.807, 2.05) is 0 Å². The highest BCUT2D eigenvalue weighted by Crippen LogP contribution is 2.06. The van der Waals surface area contributed by atoms with E-state index in [9.17, 15) is 9.59 Å². The maximum absolute atomic E-state index is 11.2. The molecule has 0 fully saturated rings. The fourth-order valence-electron chi connectivity index (χ4n) is 1.73. The van der Waals surface area contributed by atoms with E-state index in [4.69, 9.17) is 4.89 Å². The van der Waals surface area contributed by atoms with Gasteiger partial charge in [0.25, 0.3) is 0 Å². The highest BCUT2D eigenvalue weighted by Gasteiger charge is 2.04. The SMILES string of the molecule is CCCCCCCCOOC(=O)CCCCC(C)=O. The highest BCUT2D eigenvalue weighted by molar-refractivity contribution is 5.75. The van der Waals surface area contributed by atoms with Gasteiger partial charge in [-0.15, -0.1) is 0 Å². The zero-order valence-corrected chi connectivity index (χ0v) is 12.4. The van der Waals surface area contributed by atoms with Gasteiger partial charge in [0, 0.05) is 12.8 Å². The second-order valence-corrected chi connectivity index (χ2v) is 4.95. The van der Waals surface area contributed by atoms with Gasteiger partial charge in [0.05, 0.1) is 6.61 Å². The molecule has 0 N–H and O–H groups in total. The zero-order chi connectivity index (χ0) is 14.3. The van der Waals surface area contributed by atoms with Crippen molar-refractivity contribution in [3.63, 3.8) is 0 Å². The molecule has 0 aromatic carbocycles. The number of carbonyl (C=O) groups excluding carboxylic acids is 2. The second kappa shape index (κ2) is 13.5. The summed E-state index contributed by atoms with van der Waals surface area (Å²) < 4.78 is 0. The minimum Gasteiger partial charge on any atom is -0.300 e. The smallest absolute Gasteiger partial charge is 0.300 e. The number of unbranched alkanes of at least 4 members (excludes halogenated alkanes) is 6. The van der Waals surface area contributed by atoms with Crippen molar-refractivity contribution in [1.82, 2.24) is 0 Å². The molecular weight excluding hydrogens is 244 g/mol. The number of hydrogen-bond donors (Lipinski definition) is 0. The molecule has 0 bridgehead atoms. The Hall–Kier alpha value is -0.900. The van der Waals surface area contributed by atoms with Crippen molar-refractivity contribution >= 4 is 11.8 Å². The van der Waals surface area contributed by atoms with E-state index in [1.54, 1.807) is 6.92 Å². The van der Waals surface area contributed by atoms with Crippen molar-refractivity contribution in [2.75, 3.05) is 6.61 Å². The fourth-order valence-corrected chi connectivity index (χ4v) is 1.73. The van der Waals surface area contributed by atoms with Crippen LogP contribution in [0.1, 0.15) is 78.1 Å². The first-order valence-corrected chi connectivity index (χ1v) is 7.48. The minimum absolute atomic E-state index is 0.160. The van der Waals surface area contributed by atoms with E-state index in [0.717, 1.165) is 19.3 Å². The Morgan fingerprint density at radius 2 is 1.47 bits per heavy atom. The highest BCUT2D eigenvalue weighted by atomic mass is 17.2. The van der Waals surface area contributed by atoms with Crippen molar-refractivity contribution in [3.05, 3.63) is 0 Å². The number of hydrogen-bond acceptors (Lipinski definition) is 4. The Labute approximate surface area is 116 Å². The summed E-state index contributed by atoms with van der Waals surface area (Å²) in [5.41, 5.74) is 0. The molecule has 19 heavy (non-hydrogen) atoms. The molecular formula is C15H28O4.